The molecule has 86 valence electrons. The van der Waals surface area contributed by atoms with Gasteiger partial charge >= 0.3 is 0 Å². The Morgan fingerprint density at radius 2 is 2.31 bits per heavy atom. The van der Waals surface area contributed by atoms with Gasteiger partial charge in [-0.2, -0.15) is 0 Å². The molecule has 0 saturated heterocycles. The van der Waals surface area contributed by atoms with Gasteiger partial charge in [-0.25, -0.2) is 9.97 Å². The van der Waals surface area contributed by atoms with Gasteiger partial charge in [0.1, 0.15) is 17.3 Å². The summed E-state index contributed by atoms with van der Waals surface area (Å²) >= 11 is 5.74. The smallest absolute Gasteiger partial charge is 0.156 e. The van der Waals surface area contributed by atoms with Crippen LogP contribution in [-0.2, 0) is 0 Å². The van der Waals surface area contributed by atoms with Crippen molar-refractivity contribution < 1.29 is 9.90 Å². The molecule has 6 heteroatoms. The van der Waals surface area contributed by atoms with Gasteiger partial charge in [-0.3, -0.25) is 4.79 Å². The Labute approximate surface area is 97.9 Å². The van der Waals surface area contributed by atoms with Gasteiger partial charge in [0.2, 0.25) is 0 Å². The van der Waals surface area contributed by atoms with Crippen molar-refractivity contribution in [2.24, 2.45) is 0 Å². The molecule has 2 N–H and O–H groups in total. The molecule has 1 aromatic heterocycles. The number of carbonyl (C=O) groups is 1. The van der Waals surface area contributed by atoms with Crippen LogP contribution < -0.4 is 5.32 Å². The Hall–Kier alpha value is -1.20. The van der Waals surface area contributed by atoms with Crippen LogP contribution in [-0.4, -0.2) is 33.5 Å². The lowest BCUT2D eigenvalue weighted by Gasteiger charge is -2.36. The standard InChI is InChI=1S/C10H12ClN3O2/c11-8-7(4-15)9(14-6-13-8)12-5-10(16)2-1-3-10/h4,6,16H,1-3,5H2,(H,12,13,14). The number of anilines is 1. The minimum absolute atomic E-state index is 0.119. The van der Waals surface area contributed by atoms with Crippen molar-refractivity contribution in [3.8, 4) is 0 Å². The summed E-state index contributed by atoms with van der Waals surface area (Å²) in [6.07, 6.45) is 4.46. The third kappa shape index (κ3) is 2.15. The molecular formula is C10H12ClN3O2. The molecule has 16 heavy (non-hydrogen) atoms. The number of aromatic nitrogens is 2. The first-order valence-corrected chi connectivity index (χ1v) is 5.44. The van der Waals surface area contributed by atoms with Gasteiger partial charge < -0.3 is 10.4 Å². The highest BCUT2D eigenvalue weighted by Gasteiger charge is 2.34. The van der Waals surface area contributed by atoms with Gasteiger partial charge in [0.05, 0.1) is 11.2 Å². The summed E-state index contributed by atoms with van der Waals surface area (Å²) in [5, 5.41) is 12.9. The average Bonchev–Trinajstić information content (AvgIpc) is 2.24. The minimum atomic E-state index is -0.669. The number of halogens is 1. The molecule has 0 spiro atoms. The predicted octanol–water partition coefficient (Wildman–Crippen LogP) is 1.27. The van der Waals surface area contributed by atoms with Crippen molar-refractivity contribution >= 4 is 23.7 Å². The van der Waals surface area contributed by atoms with E-state index in [0.29, 0.717) is 18.6 Å². The number of hydrogen-bond donors (Lipinski definition) is 2. The van der Waals surface area contributed by atoms with E-state index in [2.05, 4.69) is 15.3 Å². The monoisotopic (exact) mass is 241 g/mol. The van der Waals surface area contributed by atoms with E-state index in [1.54, 1.807) is 0 Å². The first kappa shape index (κ1) is 11.3. The summed E-state index contributed by atoms with van der Waals surface area (Å²) in [7, 11) is 0. The lowest BCUT2D eigenvalue weighted by Crippen LogP contribution is -2.43. The molecule has 2 rings (SSSR count). The molecule has 0 atom stereocenters. The van der Waals surface area contributed by atoms with Crippen LogP contribution >= 0.6 is 11.6 Å². The Morgan fingerprint density at radius 1 is 1.56 bits per heavy atom. The fraction of sp³-hybridized carbons (Fsp3) is 0.500. The lowest BCUT2D eigenvalue weighted by molar-refractivity contribution is -0.0202. The number of carbonyl (C=O) groups excluding carboxylic acids is 1. The molecule has 1 aliphatic rings. The summed E-state index contributed by atoms with van der Waals surface area (Å²) < 4.78 is 0. The number of nitrogens with zero attached hydrogens (tertiary/aromatic N) is 2. The highest BCUT2D eigenvalue weighted by atomic mass is 35.5. The molecule has 1 aliphatic carbocycles. The highest BCUT2D eigenvalue weighted by Crippen LogP contribution is 2.31. The molecule has 0 radical (unpaired) electrons. The van der Waals surface area contributed by atoms with Gasteiger partial charge in [0.15, 0.2) is 6.29 Å². The molecule has 1 heterocycles. The molecule has 0 aliphatic heterocycles. The number of aliphatic hydroxyl groups is 1. The maximum atomic E-state index is 10.8. The van der Waals surface area contributed by atoms with Crippen molar-refractivity contribution in [1.29, 1.82) is 0 Å². The van der Waals surface area contributed by atoms with Crippen LogP contribution in [0.3, 0.4) is 0 Å². The van der Waals surface area contributed by atoms with E-state index in [9.17, 15) is 9.90 Å². The summed E-state index contributed by atoms with van der Waals surface area (Å²) in [4.78, 5) is 18.4. The summed E-state index contributed by atoms with van der Waals surface area (Å²) in [6, 6.07) is 0. The topological polar surface area (TPSA) is 75.1 Å². The van der Waals surface area contributed by atoms with E-state index in [0.717, 1.165) is 19.3 Å². The zero-order chi connectivity index (χ0) is 11.6. The first-order valence-electron chi connectivity index (χ1n) is 5.06. The minimum Gasteiger partial charge on any atom is -0.388 e. The lowest BCUT2D eigenvalue weighted by atomic mass is 9.80. The molecule has 1 saturated carbocycles. The largest absolute Gasteiger partial charge is 0.388 e. The normalized spacial score (nSPS) is 17.6. The Morgan fingerprint density at radius 3 is 2.88 bits per heavy atom. The number of aldehydes is 1. The maximum Gasteiger partial charge on any atom is 0.156 e. The van der Waals surface area contributed by atoms with Crippen LogP contribution in [0.1, 0.15) is 29.6 Å². The van der Waals surface area contributed by atoms with Crippen LogP contribution in [0.25, 0.3) is 0 Å². The Bertz CT molecular complexity index is 407. The predicted molar refractivity (Wildman–Crippen MR) is 59.7 cm³/mol. The fourth-order valence-electron chi connectivity index (χ4n) is 1.63. The third-order valence-electron chi connectivity index (χ3n) is 2.82. The van der Waals surface area contributed by atoms with Crippen molar-refractivity contribution in [1.82, 2.24) is 9.97 Å². The molecule has 0 aromatic carbocycles. The number of rotatable bonds is 4. The van der Waals surface area contributed by atoms with Crippen LogP contribution in [0.5, 0.6) is 0 Å². The van der Waals surface area contributed by atoms with E-state index in [-0.39, 0.29) is 10.7 Å². The number of hydrogen-bond acceptors (Lipinski definition) is 5. The first-order chi connectivity index (χ1) is 7.64. The molecule has 0 bridgehead atoms. The van der Waals surface area contributed by atoms with Crippen LogP contribution in [0, 0.1) is 0 Å². The zero-order valence-electron chi connectivity index (χ0n) is 8.61. The van der Waals surface area contributed by atoms with E-state index in [1.165, 1.54) is 6.33 Å². The van der Waals surface area contributed by atoms with Crippen molar-refractivity contribution in [2.45, 2.75) is 24.9 Å². The summed E-state index contributed by atoms with van der Waals surface area (Å²) in [5.41, 5.74) is -0.440. The summed E-state index contributed by atoms with van der Waals surface area (Å²) in [5.74, 6) is 0.371. The fourth-order valence-corrected chi connectivity index (χ4v) is 1.81. The van der Waals surface area contributed by atoms with Crippen LogP contribution in [0.2, 0.25) is 5.15 Å². The molecule has 1 fully saturated rings. The van der Waals surface area contributed by atoms with Gasteiger partial charge in [0.25, 0.3) is 0 Å². The van der Waals surface area contributed by atoms with Gasteiger partial charge in [-0.15, -0.1) is 0 Å². The third-order valence-corrected chi connectivity index (χ3v) is 3.12. The zero-order valence-corrected chi connectivity index (χ0v) is 9.37. The number of nitrogens with one attached hydrogen (secondary N) is 1. The van der Waals surface area contributed by atoms with Crippen LogP contribution in [0.4, 0.5) is 5.82 Å². The highest BCUT2D eigenvalue weighted by molar-refractivity contribution is 6.32. The maximum absolute atomic E-state index is 10.8. The van der Waals surface area contributed by atoms with E-state index >= 15 is 0 Å². The molecule has 0 unspecified atom stereocenters. The van der Waals surface area contributed by atoms with Crippen LogP contribution in [0.15, 0.2) is 6.33 Å². The molecular weight excluding hydrogens is 230 g/mol. The Kier molecular flexibility index (Phi) is 3.07. The molecule has 0 amide bonds. The van der Waals surface area contributed by atoms with Crippen molar-refractivity contribution in [3.63, 3.8) is 0 Å². The quantitative estimate of drug-likeness (QED) is 0.613. The van der Waals surface area contributed by atoms with Gasteiger partial charge in [-0.05, 0) is 19.3 Å². The van der Waals surface area contributed by atoms with Crippen molar-refractivity contribution in [3.05, 3.63) is 17.0 Å². The molecule has 5 nitrogen and oxygen atoms in total. The van der Waals surface area contributed by atoms with E-state index in [1.807, 2.05) is 0 Å². The van der Waals surface area contributed by atoms with E-state index < -0.39 is 5.60 Å². The second-order valence-electron chi connectivity index (χ2n) is 3.98. The SMILES string of the molecule is O=Cc1c(Cl)ncnc1NCC1(O)CCC1. The van der Waals surface area contributed by atoms with Crippen molar-refractivity contribution in [2.75, 3.05) is 11.9 Å². The average molecular weight is 242 g/mol. The summed E-state index contributed by atoms with van der Waals surface area (Å²) in [6.45, 7) is 0.376. The van der Waals surface area contributed by atoms with E-state index in [4.69, 9.17) is 11.6 Å². The second kappa shape index (κ2) is 4.35. The second-order valence-corrected chi connectivity index (χ2v) is 4.33. The van der Waals surface area contributed by atoms with Gasteiger partial charge in [0, 0.05) is 6.54 Å². The van der Waals surface area contributed by atoms with Gasteiger partial charge in [-0.1, -0.05) is 11.6 Å². The Balaban J connectivity index is 2.09. The molecule has 1 aromatic rings.